The van der Waals surface area contributed by atoms with Gasteiger partial charge in [0, 0.05) is 0 Å². The van der Waals surface area contributed by atoms with Crippen molar-refractivity contribution in [3.8, 4) is 11.5 Å². The van der Waals surface area contributed by atoms with Gasteiger partial charge in [-0.15, -0.1) is 0 Å². The van der Waals surface area contributed by atoms with E-state index in [1.807, 2.05) is 0 Å². The van der Waals surface area contributed by atoms with Crippen LogP contribution >= 0.6 is 15.9 Å². The monoisotopic (exact) mass is 367 g/mol. The van der Waals surface area contributed by atoms with E-state index in [1.165, 1.54) is 33.3 Å². The molecular weight excluding hydrogens is 352 g/mol. The minimum atomic E-state index is -3.86. The Kier molecular flexibility index (Phi) is 5.91. The molecule has 0 bridgehead atoms. The number of esters is 1. The van der Waals surface area contributed by atoms with Gasteiger partial charge in [0.1, 0.15) is 22.0 Å². The fraction of sp³-hybridized carbons (Fsp3) is 0.462. The Hall–Kier alpha value is -1.41. The Labute approximate surface area is 129 Å². The number of carbonyl (C=O) groups is 1. The van der Waals surface area contributed by atoms with Gasteiger partial charge in [-0.25, -0.2) is 4.79 Å². The molecule has 1 aromatic rings. The van der Waals surface area contributed by atoms with Crippen LogP contribution < -0.4 is 15.2 Å². The first kappa shape index (κ1) is 17.6. The van der Waals surface area contributed by atoms with E-state index in [0.717, 1.165) is 0 Å². The molecule has 21 heavy (non-hydrogen) atoms. The molecule has 0 saturated carbocycles. The van der Waals surface area contributed by atoms with Gasteiger partial charge in [-0.1, -0.05) is 0 Å². The number of hydrogen-bond acceptors (Lipinski definition) is 5. The summed E-state index contributed by atoms with van der Waals surface area (Å²) >= 11 is 3.22. The summed E-state index contributed by atoms with van der Waals surface area (Å²) in [5, 5.41) is 0. The Bertz CT molecular complexity index is 500. The summed E-state index contributed by atoms with van der Waals surface area (Å²) in [6.45, 7) is 1.28. The van der Waals surface area contributed by atoms with Crippen molar-refractivity contribution in [2.45, 2.75) is 18.9 Å². The molecule has 0 spiro atoms. The fourth-order valence-corrected chi connectivity index (χ4v) is 2.19. The highest BCUT2D eigenvalue weighted by atomic mass is 79.9. The van der Waals surface area contributed by atoms with Crippen molar-refractivity contribution in [1.82, 2.24) is 0 Å². The van der Waals surface area contributed by atoms with E-state index in [4.69, 9.17) is 15.2 Å². The number of hydrogen-bond donors (Lipinski definition) is 1. The summed E-state index contributed by atoms with van der Waals surface area (Å²) in [6, 6.07) is 0.738. The minimum Gasteiger partial charge on any atom is -0.495 e. The van der Waals surface area contributed by atoms with E-state index in [2.05, 4.69) is 20.7 Å². The Morgan fingerprint density at radius 2 is 1.81 bits per heavy atom. The number of benzene rings is 1. The Morgan fingerprint density at radius 3 is 2.19 bits per heavy atom. The molecule has 0 amide bonds. The van der Waals surface area contributed by atoms with Crippen molar-refractivity contribution < 1.29 is 27.8 Å². The van der Waals surface area contributed by atoms with E-state index < -0.39 is 17.9 Å². The molecule has 1 aromatic carbocycles. The minimum absolute atomic E-state index is 0.00930. The van der Waals surface area contributed by atoms with Gasteiger partial charge in [0.25, 0.3) is 0 Å². The van der Waals surface area contributed by atoms with Crippen LogP contribution in [0.3, 0.4) is 0 Å². The number of halogens is 3. The second-order valence-corrected chi connectivity index (χ2v) is 4.85. The number of nitrogens with two attached hydrogens (primary N) is 1. The smallest absolute Gasteiger partial charge is 0.379 e. The summed E-state index contributed by atoms with van der Waals surface area (Å²) < 4.78 is 42.8. The highest BCUT2D eigenvalue weighted by Gasteiger charge is 2.48. The summed E-state index contributed by atoms with van der Waals surface area (Å²) in [4.78, 5) is 11.3. The van der Waals surface area contributed by atoms with Crippen molar-refractivity contribution >= 4 is 21.9 Å². The van der Waals surface area contributed by atoms with Gasteiger partial charge in [-0.2, -0.15) is 8.78 Å². The van der Waals surface area contributed by atoms with Crippen molar-refractivity contribution in [3.05, 3.63) is 22.2 Å². The standard InChI is InChI=1S/C13H16BrF2NO4/c1-4-21-12(18)13(15,16)11(17)7-5-8(19-2)10(14)9(6-7)20-3/h5-6,11H,4,17H2,1-3H3/t11-/m1/s1. The second-order valence-electron chi connectivity index (χ2n) is 4.06. The number of rotatable bonds is 6. The zero-order valence-corrected chi connectivity index (χ0v) is 13.4. The molecule has 1 rings (SSSR count). The number of ether oxygens (including phenoxy) is 3. The highest BCUT2D eigenvalue weighted by molar-refractivity contribution is 9.10. The molecule has 0 unspecified atom stereocenters. The second kappa shape index (κ2) is 7.04. The Morgan fingerprint density at radius 1 is 1.33 bits per heavy atom. The summed E-state index contributed by atoms with van der Waals surface area (Å²) in [6.07, 6.45) is 0. The third-order valence-electron chi connectivity index (χ3n) is 2.77. The van der Waals surface area contributed by atoms with Crippen molar-refractivity contribution in [2.75, 3.05) is 20.8 Å². The number of carbonyl (C=O) groups excluding carboxylic acids is 1. The Balaban J connectivity index is 3.23. The molecular formula is C13H16BrF2NO4. The molecule has 0 aromatic heterocycles. The van der Waals surface area contributed by atoms with Crippen molar-refractivity contribution in [1.29, 1.82) is 0 Å². The lowest BCUT2D eigenvalue weighted by Crippen LogP contribution is -2.41. The maximum Gasteiger partial charge on any atom is 0.379 e. The quantitative estimate of drug-likeness (QED) is 0.782. The van der Waals surface area contributed by atoms with Crippen molar-refractivity contribution in [3.63, 3.8) is 0 Å². The molecule has 118 valence electrons. The van der Waals surface area contributed by atoms with E-state index in [-0.39, 0.29) is 23.7 Å². The van der Waals surface area contributed by atoms with E-state index >= 15 is 0 Å². The average Bonchev–Trinajstić information content (AvgIpc) is 2.46. The zero-order valence-electron chi connectivity index (χ0n) is 11.8. The van der Waals surface area contributed by atoms with Crippen LogP contribution in [0.2, 0.25) is 0 Å². The van der Waals surface area contributed by atoms with Gasteiger partial charge in [0.15, 0.2) is 0 Å². The predicted octanol–water partition coefficient (Wildman–Crippen LogP) is 2.66. The lowest BCUT2D eigenvalue weighted by molar-refractivity contribution is -0.174. The van der Waals surface area contributed by atoms with Crippen LogP contribution in [0.4, 0.5) is 8.78 Å². The number of methoxy groups -OCH3 is 2. The molecule has 0 aliphatic carbocycles. The molecule has 0 aliphatic heterocycles. The topological polar surface area (TPSA) is 70.8 Å². The maximum absolute atomic E-state index is 14.0. The third-order valence-corrected chi connectivity index (χ3v) is 3.55. The summed E-state index contributed by atoms with van der Waals surface area (Å²) in [5.41, 5.74) is 5.51. The number of alkyl halides is 2. The molecule has 8 heteroatoms. The van der Waals surface area contributed by atoms with Crippen LogP contribution in [0.25, 0.3) is 0 Å². The third kappa shape index (κ3) is 3.62. The van der Waals surface area contributed by atoms with Crippen LogP contribution in [0, 0.1) is 0 Å². The zero-order chi connectivity index (χ0) is 16.2. The first-order valence-corrected chi connectivity index (χ1v) is 6.80. The molecule has 5 nitrogen and oxygen atoms in total. The van der Waals surface area contributed by atoms with Crippen LogP contribution in [0.15, 0.2) is 16.6 Å². The van der Waals surface area contributed by atoms with Gasteiger partial charge < -0.3 is 19.9 Å². The van der Waals surface area contributed by atoms with Crippen LogP contribution in [0.1, 0.15) is 18.5 Å². The van der Waals surface area contributed by atoms with Gasteiger partial charge >= 0.3 is 11.9 Å². The first-order valence-electron chi connectivity index (χ1n) is 6.01. The molecule has 0 radical (unpaired) electrons. The first-order chi connectivity index (χ1) is 9.79. The SMILES string of the molecule is CCOC(=O)C(F)(F)[C@H](N)c1cc(OC)c(Br)c(OC)c1. The van der Waals surface area contributed by atoms with Gasteiger partial charge in [-0.3, -0.25) is 0 Å². The lowest BCUT2D eigenvalue weighted by atomic mass is 10.0. The van der Waals surface area contributed by atoms with Gasteiger partial charge in [0.2, 0.25) is 0 Å². The predicted molar refractivity (Wildman–Crippen MR) is 75.8 cm³/mol. The van der Waals surface area contributed by atoms with Crippen LogP contribution in [-0.4, -0.2) is 32.7 Å². The highest BCUT2D eigenvalue weighted by Crippen LogP contribution is 2.40. The van der Waals surface area contributed by atoms with Crippen molar-refractivity contribution in [2.24, 2.45) is 5.73 Å². The fourth-order valence-electron chi connectivity index (χ4n) is 1.63. The molecule has 0 saturated heterocycles. The molecule has 1 atom stereocenters. The largest absolute Gasteiger partial charge is 0.495 e. The van der Waals surface area contributed by atoms with Crippen LogP contribution in [0.5, 0.6) is 11.5 Å². The lowest BCUT2D eigenvalue weighted by Gasteiger charge is -2.23. The van der Waals surface area contributed by atoms with E-state index in [1.54, 1.807) is 0 Å². The average molecular weight is 368 g/mol. The van der Waals surface area contributed by atoms with Crippen LogP contribution in [-0.2, 0) is 9.53 Å². The normalized spacial score (nSPS) is 12.7. The molecule has 0 fully saturated rings. The van der Waals surface area contributed by atoms with Gasteiger partial charge in [0.05, 0.1) is 20.8 Å². The summed E-state index contributed by atoms with van der Waals surface area (Å²) in [7, 11) is 2.75. The summed E-state index contributed by atoms with van der Waals surface area (Å²) in [5.74, 6) is -5.00. The molecule has 2 N–H and O–H groups in total. The molecule has 0 heterocycles. The van der Waals surface area contributed by atoms with E-state index in [0.29, 0.717) is 4.47 Å². The maximum atomic E-state index is 14.0. The molecule has 0 aliphatic rings. The van der Waals surface area contributed by atoms with Gasteiger partial charge in [-0.05, 0) is 40.5 Å². The van der Waals surface area contributed by atoms with E-state index in [9.17, 15) is 13.6 Å².